The molecule has 0 fully saturated rings. The first-order chi connectivity index (χ1) is 9.61. The highest BCUT2D eigenvalue weighted by molar-refractivity contribution is 9.10. The lowest BCUT2D eigenvalue weighted by atomic mass is 10.1. The van der Waals surface area contributed by atoms with Crippen LogP contribution in [0.4, 0.5) is 5.69 Å². The van der Waals surface area contributed by atoms with Crippen molar-refractivity contribution in [1.29, 1.82) is 0 Å². The smallest absolute Gasteiger partial charge is 0.256 e. The van der Waals surface area contributed by atoms with Crippen LogP contribution in [0.25, 0.3) is 0 Å². The summed E-state index contributed by atoms with van der Waals surface area (Å²) >= 11 is 3.46. The molecule has 0 bridgehead atoms. The molecule has 0 radical (unpaired) electrons. The molecule has 104 valence electrons. The van der Waals surface area contributed by atoms with Crippen LogP contribution < -0.4 is 10.6 Å². The minimum absolute atomic E-state index is 0.109. The van der Waals surface area contributed by atoms with Crippen molar-refractivity contribution in [2.24, 2.45) is 0 Å². The van der Waals surface area contributed by atoms with E-state index in [9.17, 15) is 4.79 Å². The minimum atomic E-state index is -0.109. The van der Waals surface area contributed by atoms with Crippen molar-refractivity contribution in [1.82, 2.24) is 5.32 Å². The van der Waals surface area contributed by atoms with E-state index in [2.05, 4.69) is 26.6 Å². The van der Waals surface area contributed by atoms with E-state index in [0.29, 0.717) is 5.56 Å². The van der Waals surface area contributed by atoms with Crippen LogP contribution in [-0.4, -0.2) is 13.0 Å². The standard InChI is InChI=1S/C16H17BrN2O/c1-11-5-3-8-14(15(11)17)16(20)19-13-7-4-6-12(9-13)10-18-2/h3-9,18H,10H2,1-2H3,(H,19,20). The molecule has 0 aliphatic rings. The van der Waals surface area contributed by atoms with Crippen molar-refractivity contribution in [3.63, 3.8) is 0 Å². The summed E-state index contributed by atoms with van der Waals surface area (Å²) in [5.41, 5.74) is 3.62. The van der Waals surface area contributed by atoms with E-state index >= 15 is 0 Å². The Bertz CT molecular complexity index is 626. The molecule has 4 heteroatoms. The number of benzene rings is 2. The van der Waals surface area contributed by atoms with Crippen LogP contribution in [-0.2, 0) is 6.54 Å². The van der Waals surface area contributed by atoms with E-state index in [4.69, 9.17) is 0 Å². The molecule has 0 aromatic heterocycles. The number of rotatable bonds is 4. The van der Waals surface area contributed by atoms with Crippen molar-refractivity contribution in [2.45, 2.75) is 13.5 Å². The Labute approximate surface area is 127 Å². The highest BCUT2D eigenvalue weighted by Crippen LogP contribution is 2.22. The topological polar surface area (TPSA) is 41.1 Å². The second-order valence-corrected chi connectivity index (χ2v) is 5.41. The van der Waals surface area contributed by atoms with Gasteiger partial charge in [-0.25, -0.2) is 0 Å². The van der Waals surface area contributed by atoms with Crippen molar-refractivity contribution in [3.05, 3.63) is 63.6 Å². The third kappa shape index (κ3) is 3.46. The Morgan fingerprint density at radius 3 is 2.70 bits per heavy atom. The van der Waals surface area contributed by atoms with E-state index in [1.165, 1.54) is 0 Å². The molecule has 0 spiro atoms. The zero-order valence-corrected chi connectivity index (χ0v) is 13.1. The molecule has 2 aromatic rings. The third-order valence-corrected chi connectivity index (χ3v) is 4.05. The molecule has 2 N–H and O–H groups in total. The highest BCUT2D eigenvalue weighted by atomic mass is 79.9. The lowest BCUT2D eigenvalue weighted by Gasteiger charge is -2.09. The van der Waals surface area contributed by atoms with Crippen molar-refractivity contribution in [3.8, 4) is 0 Å². The molecule has 20 heavy (non-hydrogen) atoms. The second-order valence-electron chi connectivity index (χ2n) is 4.62. The Morgan fingerprint density at radius 2 is 1.95 bits per heavy atom. The largest absolute Gasteiger partial charge is 0.322 e. The number of carbonyl (C=O) groups is 1. The third-order valence-electron chi connectivity index (χ3n) is 3.00. The fourth-order valence-corrected chi connectivity index (χ4v) is 2.43. The van der Waals surface area contributed by atoms with Gasteiger partial charge in [-0.2, -0.15) is 0 Å². The summed E-state index contributed by atoms with van der Waals surface area (Å²) in [7, 11) is 1.90. The number of nitrogens with one attached hydrogen (secondary N) is 2. The van der Waals surface area contributed by atoms with Crippen molar-refractivity contribution < 1.29 is 4.79 Å². The van der Waals surface area contributed by atoms with Gasteiger partial charge in [-0.3, -0.25) is 4.79 Å². The van der Waals surface area contributed by atoms with Gasteiger partial charge >= 0.3 is 0 Å². The first kappa shape index (κ1) is 14.8. The van der Waals surface area contributed by atoms with Crippen molar-refractivity contribution >= 4 is 27.5 Å². The van der Waals surface area contributed by atoms with E-state index in [1.54, 1.807) is 0 Å². The lowest BCUT2D eigenvalue weighted by Crippen LogP contribution is -2.13. The lowest BCUT2D eigenvalue weighted by molar-refractivity contribution is 0.102. The molecule has 2 aromatic carbocycles. The Morgan fingerprint density at radius 1 is 1.20 bits per heavy atom. The quantitative estimate of drug-likeness (QED) is 0.895. The molecule has 0 atom stereocenters. The van der Waals surface area contributed by atoms with Crippen LogP contribution in [0.15, 0.2) is 46.9 Å². The van der Waals surface area contributed by atoms with Gasteiger partial charge in [0.05, 0.1) is 5.56 Å². The van der Waals surface area contributed by atoms with Crippen LogP contribution >= 0.6 is 15.9 Å². The zero-order valence-electron chi connectivity index (χ0n) is 11.5. The molecule has 0 heterocycles. The SMILES string of the molecule is CNCc1cccc(NC(=O)c2cccc(C)c2Br)c1. The van der Waals surface area contributed by atoms with Gasteiger partial charge in [0, 0.05) is 16.7 Å². The number of carbonyl (C=O) groups excluding carboxylic acids is 1. The van der Waals surface area contributed by atoms with Gasteiger partial charge in [-0.1, -0.05) is 24.3 Å². The first-order valence-corrected chi connectivity index (χ1v) is 7.21. The monoisotopic (exact) mass is 332 g/mol. The average molecular weight is 333 g/mol. The molecule has 0 aliphatic carbocycles. The maximum Gasteiger partial charge on any atom is 0.256 e. The summed E-state index contributed by atoms with van der Waals surface area (Å²) in [6.07, 6.45) is 0. The summed E-state index contributed by atoms with van der Waals surface area (Å²) in [5.74, 6) is -0.109. The number of anilines is 1. The minimum Gasteiger partial charge on any atom is -0.322 e. The summed E-state index contributed by atoms with van der Waals surface area (Å²) in [4.78, 5) is 12.3. The fourth-order valence-electron chi connectivity index (χ4n) is 1.98. The van der Waals surface area contributed by atoms with Gasteiger partial charge in [0.2, 0.25) is 0 Å². The molecular weight excluding hydrogens is 316 g/mol. The predicted molar refractivity (Wildman–Crippen MR) is 86.0 cm³/mol. The van der Waals surface area contributed by atoms with Crippen molar-refractivity contribution in [2.75, 3.05) is 12.4 Å². The normalized spacial score (nSPS) is 10.3. The molecule has 0 saturated carbocycles. The Kier molecular flexibility index (Phi) is 4.93. The Balaban J connectivity index is 2.19. The van der Waals surface area contributed by atoms with E-state index in [1.807, 2.05) is 56.4 Å². The molecular formula is C16H17BrN2O. The fraction of sp³-hybridized carbons (Fsp3) is 0.188. The molecule has 0 aliphatic heterocycles. The average Bonchev–Trinajstić information content (AvgIpc) is 2.42. The summed E-state index contributed by atoms with van der Waals surface area (Å²) in [6.45, 7) is 2.74. The van der Waals surface area contributed by atoms with Gasteiger partial charge < -0.3 is 10.6 Å². The maximum atomic E-state index is 12.3. The summed E-state index contributed by atoms with van der Waals surface area (Å²) in [6, 6.07) is 13.5. The van der Waals surface area contributed by atoms with Crippen LogP contribution in [0.2, 0.25) is 0 Å². The second kappa shape index (κ2) is 6.68. The van der Waals surface area contributed by atoms with Gasteiger partial charge in [0.1, 0.15) is 0 Å². The number of hydrogen-bond acceptors (Lipinski definition) is 2. The van der Waals surface area contributed by atoms with Crippen LogP contribution in [0.5, 0.6) is 0 Å². The Hall–Kier alpha value is -1.65. The number of amides is 1. The van der Waals surface area contributed by atoms with Gasteiger partial charge in [0.15, 0.2) is 0 Å². The predicted octanol–water partition coefficient (Wildman–Crippen LogP) is 3.73. The van der Waals surface area contributed by atoms with E-state index in [-0.39, 0.29) is 5.91 Å². The first-order valence-electron chi connectivity index (χ1n) is 6.42. The van der Waals surface area contributed by atoms with Gasteiger partial charge in [-0.05, 0) is 59.2 Å². The van der Waals surface area contributed by atoms with Gasteiger partial charge in [0.25, 0.3) is 5.91 Å². The van der Waals surface area contributed by atoms with E-state index < -0.39 is 0 Å². The molecule has 0 unspecified atom stereocenters. The number of hydrogen-bond donors (Lipinski definition) is 2. The number of halogens is 1. The maximum absolute atomic E-state index is 12.3. The number of aryl methyl sites for hydroxylation is 1. The molecule has 1 amide bonds. The van der Waals surface area contributed by atoms with Crippen LogP contribution in [0.3, 0.4) is 0 Å². The van der Waals surface area contributed by atoms with Crippen LogP contribution in [0.1, 0.15) is 21.5 Å². The highest BCUT2D eigenvalue weighted by Gasteiger charge is 2.11. The van der Waals surface area contributed by atoms with Gasteiger partial charge in [-0.15, -0.1) is 0 Å². The summed E-state index contributed by atoms with van der Waals surface area (Å²) in [5, 5.41) is 6.02. The molecule has 0 saturated heterocycles. The molecule has 3 nitrogen and oxygen atoms in total. The molecule has 2 rings (SSSR count). The summed E-state index contributed by atoms with van der Waals surface area (Å²) < 4.78 is 0.837. The zero-order chi connectivity index (χ0) is 14.5. The van der Waals surface area contributed by atoms with Crippen LogP contribution in [0, 0.1) is 6.92 Å². The van der Waals surface area contributed by atoms with E-state index in [0.717, 1.165) is 27.8 Å².